The molecule has 0 bridgehead atoms. The number of methoxy groups -OCH3 is 2. The Morgan fingerprint density at radius 2 is 1.46 bits per heavy atom. The zero-order valence-corrected chi connectivity index (χ0v) is 20.6. The van der Waals surface area contributed by atoms with Crippen molar-refractivity contribution >= 4 is 11.9 Å². The van der Waals surface area contributed by atoms with Gasteiger partial charge in [-0.25, -0.2) is 4.79 Å². The van der Waals surface area contributed by atoms with Crippen LogP contribution in [0, 0.1) is 0 Å². The van der Waals surface area contributed by atoms with Crippen LogP contribution in [0.3, 0.4) is 0 Å². The number of esters is 2. The van der Waals surface area contributed by atoms with Gasteiger partial charge >= 0.3 is 11.9 Å². The minimum Gasteiger partial charge on any atom is -0.504 e. The van der Waals surface area contributed by atoms with E-state index in [1.54, 1.807) is 32.9 Å². The Hall–Kier alpha value is -4.00. The predicted octanol–water partition coefficient (Wildman–Crippen LogP) is 5.32. The third-order valence-electron chi connectivity index (χ3n) is 5.16. The highest BCUT2D eigenvalue weighted by Gasteiger charge is 2.26. The fourth-order valence-electron chi connectivity index (χ4n) is 3.41. The first-order valence-corrected chi connectivity index (χ1v) is 11.1. The van der Waals surface area contributed by atoms with E-state index in [1.807, 2.05) is 48.5 Å². The van der Waals surface area contributed by atoms with E-state index in [-0.39, 0.29) is 36.1 Å². The fraction of sp³-hybridized carbons (Fsp3) is 0.286. The van der Waals surface area contributed by atoms with Crippen molar-refractivity contribution in [3.05, 3.63) is 77.4 Å². The Labute approximate surface area is 205 Å². The summed E-state index contributed by atoms with van der Waals surface area (Å²) in [4.78, 5) is 24.2. The third-order valence-corrected chi connectivity index (χ3v) is 5.16. The normalized spacial score (nSPS) is 11.0. The standard InChI is InChI=1S/C28H30O7/c1-28(2,3)35-27(31)25-21(12-15-23(32-4)26(25)30)17-34-22-13-10-20(11-14-22)19-8-6-18(7-9-19)16-24(29)33-5/h6-15,30H,16-17H2,1-5H3. The molecule has 0 fully saturated rings. The summed E-state index contributed by atoms with van der Waals surface area (Å²) >= 11 is 0. The molecule has 0 aliphatic carbocycles. The zero-order valence-electron chi connectivity index (χ0n) is 20.6. The van der Waals surface area contributed by atoms with Crippen LogP contribution in [0.15, 0.2) is 60.7 Å². The number of ether oxygens (including phenoxy) is 4. The highest BCUT2D eigenvalue weighted by Crippen LogP contribution is 2.34. The summed E-state index contributed by atoms with van der Waals surface area (Å²) in [6, 6.07) is 18.4. The number of hydrogen-bond donors (Lipinski definition) is 1. The Morgan fingerprint density at radius 3 is 2.00 bits per heavy atom. The molecule has 3 aromatic rings. The average Bonchev–Trinajstić information content (AvgIpc) is 2.82. The van der Waals surface area contributed by atoms with E-state index in [2.05, 4.69) is 0 Å². The molecule has 3 rings (SSSR count). The first-order chi connectivity index (χ1) is 16.6. The van der Waals surface area contributed by atoms with Crippen LogP contribution in [0.2, 0.25) is 0 Å². The van der Waals surface area contributed by atoms with Gasteiger partial charge in [-0.1, -0.05) is 42.5 Å². The van der Waals surface area contributed by atoms with Gasteiger partial charge in [0.05, 0.1) is 20.6 Å². The molecular weight excluding hydrogens is 448 g/mol. The highest BCUT2D eigenvalue weighted by molar-refractivity contribution is 5.95. The topological polar surface area (TPSA) is 91.3 Å². The predicted molar refractivity (Wildman–Crippen MR) is 132 cm³/mol. The van der Waals surface area contributed by atoms with Crippen molar-refractivity contribution in [2.75, 3.05) is 14.2 Å². The lowest BCUT2D eigenvalue weighted by molar-refractivity contribution is -0.139. The number of phenols is 1. The zero-order chi connectivity index (χ0) is 25.6. The molecular formula is C28H30O7. The van der Waals surface area contributed by atoms with Crippen LogP contribution in [0.4, 0.5) is 0 Å². The number of aromatic hydroxyl groups is 1. The molecule has 3 aromatic carbocycles. The quantitative estimate of drug-likeness (QED) is 0.438. The molecule has 0 aliphatic heterocycles. The minimum atomic E-state index is -0.724. The van der Waals surface area contributed by atoms with E-state index in [0.717, 1.165) is 16.7 Å². The SMILES string of the molecule is COC(=O)Cc1ccc(-c2ccc(OCc3ccc(OC)c(O)c3C(=O)OC(C)(C)C)cc2)cc1. The Kier molecular flexibility index (Phi) is 8.02. The molecule has 0 amide bonds. The van der Waals surface area contributed by atoms with E-state index < -0.39 is 11.6 Å². The second-order valence-corrected chi connectivity index (χ2v) is 8.92. The molecule has 1 N–H and O–H groups in total. The summed E-state index contributed by atoms with van der Waals surface area (Å²) in [7, 11) is 2.79. The first kappa shape index (κ1) is 25.6. The van der Waals surface area contributed by atoms with Crippen LogP contribution in [0.25, 0.3) is 11.1 Å². The van der Waals surface area contributed by atoms with E-state index in [9.17, 15) is 14.7 Å². The molecule has 0 unspecified atom stereocenters. The Balaban J connectivity index is 1.74. The summed E-state index contributed by atoms with van der Waals surface area (Å²) in [6.07, 6.45) is 0.232. The van der Waals surface area contributed by atoms with Crippen LogP contribution >= 0.6 is 0 Å². The van der Waals surface area contributed by atoms with Gasteiger partial charge in [0, 0.05) is 5.56 Å². The van der Waals surface area contributed by atoms with Gasteiger partial charge in [0.2, 0.25) is 0 Å². The highest BCUT2D eigenvalue weighted by atomic mass is 16.6. The molecule has 0 saturated carbocycles. The van der Waals surface area contributed by atoms with Crippen molar-refractivity contribution in [1.29, 1.82) is 0 Å². The fourth-order valence-corrected chi connectivity index (χ4v) is 3.41. The van der Waals surface area contributed by atoms with Gasteiger partial charge in [-0.05, 0) is 55.7 Å². The lowest BCUT2D eigenvalue weighted by atomic mass is 10.0. The molecule has 0 saturated heterocycles. The van der Waals surface area contributed by atoms with Gasteiger partial charge in [0.15, 0.2) is 11.5 Å². The molecule has 184 valence electrons. The summed E-state index contributed by atoms with van der Waals surface area (Å²) in [5.74, 6) is -0.440. The molecule has 7 heteroatoms. The molecule has 0 atom stereocenters. The van der Waals surface area contributed by atoms with Gasteiger partial charge in [-0.15, -0.1) is 0 Å². The smallest absolute Gasteiger partial charge is 0.343 e. The largest absolute Gasteiger partial charge is 0.504 e. The van der Waals surface area contributed by atoms with Gasteiger partial charge in [0.1, 0.15) is 23.5 Å². The summed E-state index contributed by atoms with van der Waals surface area (Å²) in [5, 5.41) is 10.6. The van der Waals surface area contributed by atoms with Crippen LogP contribution < -0.4 is 9.47 Å². The van der Waals surface area contributed by atoms with Crippen molar-refractivity contribution in [3.63, 3.8) is 0 Å². The van der Waals surface area contributed by atoms with Crippen molar-refractivity contribution < 1.29 is 33.6 Å². The number of phenolic OH excluding ortho intramolecular Hbond substituents is 1. The summed E-state index contributed by atoms with van der Waals surface area (Å²) in [5.41, 5.74) is 2.63. The van der Waals surface area contributed by atoms with E-state index in [4.69, 9.17) is 18.9 Å². The molecule has 0 heterocycles. The van der Waals surface area contributed by atoms with Gasteiger partial charge < -0.3 is 24.1 Å². The Morgan fingerprint density at radius 1 is 0.857 bits per heavy atom. The number of carbonyl (C=O) groups excluding carboxylic acids is 2. The second-order valence-electron chi connectivity index (χ2n) is 8.92. The molecule has 0 spiro atoms. The monoisotopic (exact) mass is 478 g/mol. The van der Waals surface area contributed by atoms with Crippen molar-refractivity contribution in [2.45, 2.75) is 39.4 Å². The number of carbonyl (C=O) groups is 2. The molecule has 35 heavy (non-hydrogen) atoms. The van der Waals surface area contributed by atoms with Crippen LogP contribution in [0.1, 0.15) is 42.3 Å². The summed E-state index contributed by atoms with van der Waals surface area (Å²) in [6.45, 7) is 5.32. The third kappa shape index (κ3) is 6.76. The maximum Gasteiger partial charge on any atom is 0.343 e. The maximum atomic E-state index is 12.8. The Bertz CT molecular complexity index is 1170. The van der Waals surface area contributed by atoms with Crippen molar-refractivity contribution in [1.82, 2.24) is 0 Å². The van der Waals surface area contributed by atoms with Crippen LogP contribution in [0.5, 0.6) is 17.2 Å². The molecule has 0 aromatic heterocycles. The lowest BCUT2D eigenvalue weighted by Gasteiger charge is -2.21. The molecule has 7 nitrogen and oxygen atoms in total. The number of benzene rings is 3. The number of rotatable bonds is 8. The average molecular weight is 479 g/mol. The van der Waals surface area contributed by atoms with Crippen LogP contribution in [-0.4, -0.2) is 36.9 Å². The van der Waals surface area contributed by atoms with Gasteiger partial charge in [0.25, 0.3) is 0 Å². The van der Waals surface area contributed by atoms with Crippen LogP contribution in [-0.2, 0) is 27.3 Å². The number of hydrogen-bond acceptors (Lipinski definition) is 7. The van der Waals surface area contributed by atoms with E-state index in [0.29, 0.717) is 11.3 Å². The van der Waals surface area contributed by atoms with E-state index >= 15 is 0 Å². The van der Waals surface area contributed by atoms with Gasteiger partial charge in [-0.3, -0.25) is 4.79 Å². The molecule has 0 radical (unpaired) electrons. The van der Waals surface area contributed by atoms with E-state index in [1.165, 1.54) is 14.2 Å². The molecule has 0 aliphatic rings. The second kappa shape index (κ2) is 11.0. The lowest BCUT2D eigenvalue weighted by Crippen LogP contribution is -2.25. The van der Waals surface area contributed by atoms with Gasteiger partial charge in [-0.2, -0.15) is 0 Å². The summed E-state index contributed by atoms with van der Waals surface area (Å²) < 4.78 is 21.2. The van der Waals surface area contributed by atoms with Crippen molar-refractivity contribution in [3.8, 4) is 28.4 Å². The minimum absolute atomic E-state index is 0.0166. The first-order valence-electron chi connectivity index (χ1n) is 11.1. The maximum absolute atomic E-state index is 12.8. The van der Waals surface area contributed by atoms with Crippen molar-refractivity contribution in [2.24, 2.45) is 0 Å².